The summed E-state index contributed by atoms with van der Waals surface area (Å²) in [5.74, 6) is -3.48. The number of alkyl halides is 2. The number of carbonyl (C=O) groups excluding carboxylic acids is 1. The van der Waals surface area contributed by atoms with Crippen molar-refractivity contribution in [3.05, 3.63) is 23.8 Å². The summed E-state index contributed by atoms with van der Waals surface area (Å²) in [7, 11) is 0. The van der Waals surface area contributed by atoms with E-state index in [2.05, 4.69) is 12.2 Å². The van der Waals surface area contributed by atoms with E-state index in [0.717, 1.165) is 32.6 Å². The van der Waals surface area contributed by atoms with Gasteiger partial charge in [-0.1, -0.05) is 18.2 Å². The second-order valence-corrected chi connectivity index (χ2v) is 6.70. The van der Waals surface area contributed by atoms with E-state index in [9.17, 15) is 13.6 Å². The summed E-state index contributed by atoms with van der Waals surface area (Å²) in [5.41, 5.74) is -0.466. The molecule has 0 saturated carbocycles. The van der Waals surface area contributed by atoms with Crippen molar-refractivity contribution in [2.45, 2.75) is 64.8 Å². The third-order valence-corrected chi connectivity index (χ3v) is 4.79. The summed E-state index contributed by atoms with van der Waals surface area (Å²) in [6, 6.07) is -0.131. The maximum absolute atomic E-state index is 13.8. The predicted octanol–water partition coefficient (Wildman–Crippen LogP) is 4.33. The predicted molar refractivity (Wildman–Crippen MR) is 80.2 cm³/mol. The molecule has 4 heteroatoms. The highest BCUT2D eigenvalue weighted by molar-refractivity contribution is 5.84. The Hall–Kier alpha value is -1.19. The average Bonchev–Trinajstić information content (AvgIpc) is 2.46. The maximum Gasteiger partial charge on any atom is 0.259 e. The van der Waals surface area contributed by atoms with Gasteiger partial charge in [-0.15, -0.1) is 0 Å². The third-order valence-electron chi connectivity index (χ3n) is 4.79. The topological polar surface area (TPSA) is 20.3 Å². The van der Waals surface area contributed by atoms with Crippen LogP contribution >= 0.6 is 0 Å². The zero-order valence-electron chi connectivity index (χ0n) is 13.2. The van der Waals surface area contributed by atoms with Crippen molar-refractivity contribution in [2.75, 3.05) is 6.54 Å². The van der Waals surface area contributed by atoms with Crippen LogP contribution in [0.25, 0.3) is 0 Å². The van der Waals surface area contributed by atoms with Crippen molar-refractivity contribution in [3.8, 4) is 0 Å². The van der Waals surface area contributed by atoms with Crippen molar-refractivity contribution >= 4 is 5.91 Å². The molecule has 21 heavy (non-hydrogen) atoms. The van der Waals surface area contributed by atoms with Crippen LogP contribution in [-0.2, 0) is 4.79 Å². The molecule has 0 aromatic carbocycles. The summed E-state index contributed by atoms with van der Waals surface area (Å²) in [6.07, 6.45) is 11.3. The smallest absolute Gasteiger partial charge is 0.259 e. The van der Waals surface area contributed by atoms with Gasteiger partial charge in [-0.25, -0.2) is 8.78 Å². The first kappa shape index (κ1) is 16.2. The van der Waals surface area contributed by atoms with Gasteiger partial charge in [0.1, 0.15) is 5.41 Å². The number of allylic oxidation sites excluding steroid dienone is 1. The molecule has 0 fully saturated rings. The molecule has 0 aromatic heterocycles. The van der Waals surface area contributed by atoms with Crippen molar-refractivity contribution in [1.82, 2.24) is 4.90 Å². The van der Waals surface area contributed by atoms with Crippen LogP contribution in [0.2, 0.25) is 0 Å². The monoisotopic (exact) mass is 297 g/mol. The van der Waals surface area contributed by atoms with Gasteiger partial charge < -0.3 is 4.90 Å². The summed E-state index contributed by atoms with van der Waals surface area (Å²) in [5, 5.41) is 0. The van der Waals surface area contributed by atoms with Gasteiger partial charge in [-0.2, -0.15) is 0 Å². The van der Waals surface area contributed by atoms with Gasteiger partial charge in [0.2, 0.25) is 5.91 Å². The normalized spacial score (nSPS) is 24.0. The Morgan fingerprint density at radius 1 is 1.24 bits per heavy atom. The molecule has 0 N–H and O–H groups in total. The molecule has 1 amide bonds. The largest absolute Gasteiger partial charge is 0.332 e. The van der Waals surface area contributed by atoms with E-state index >= 15 is 0 Å². The van der Waals surface area contributed by atoms with Crippen LogP contribution in [0, 0.1) is 5.41 Å². The molecule has 1 atom stereocenters. The fourth-order valence-corrected chi connectivity index (χ4v) is 2.91. The molecule has 0 unspecified atom stereocenters. The number of amides is 1. The molecule has 0 radical (unpaired) electrons. The Labute approximate surface area is 125 Å². The zero-order valence-corrected chi connectivity index (χ0v) is 13.2. The van der Waals surface area contributed by atoms with E-state index in [4.69, 9.17) is 0 Å². The minimum Gasteiger partial charge on any atom is -0.332 e. The van der Waals surface area contributed by atoms with E-state index < -0.39 is 17.2 Å². The second-order valence-electron chi connectivity index (χ2n) is 6.70. The lowest BCUT2D eigenvalue weighted by atomic mass is 9.82. The molecular weight excluding hydrogens is 272 g/mol. The van der Waals surface area contributed by atoms with Gasteiger partial charge in [-0.05, 0) is 51.5 Å². The highest BCUT2D eigenvalue weighted by Crippen LogP contribution is 2.39. The number of nitrogens with zero attached hydrogens (tertiary/aromatic N) is 1. The number of carbonyl (C=O) groups is 1. The summed E-state index contributed by atoms with van der Waals surface area (Å²) < 4.78 is 27.6. The van der Waals surface area contributed by atoms with E-state index in [1.807, 2.05) is 6.08 Å². The first-order valence-electron chi connectivity index (χ1n) is 7.79. The van der Waals surface area contributed by atoms with Crippen LogP contribution in [0.5, 0.6) is 0 Å². The van der Waals surface area contributed by atoms with E-state index in [-0.39, 0.29) is 6.04 Å². The zero-order chi connectivity index (χ0) is 15.7. The van der Waals surface area contributed by atoms with E-state index in [0.29, 0.717) is 6.54 Å². The lowest BCUT2D eigenvalue weighted by Gasteiger charge is -2.41. The molecule has 2 rings (SSSR count). The number of hydrogen-bond acceptors (Lipinski definition) is 1. The lowest BCUT2D eigenvalue weighted by molar-refractivity contribution is -0.163. The highest BCUT2D eigenvalue weighted by atomic mass is 19.3. The van der Waals surface area contributed by atoms with Crippen molar-refractivity contribution in [1.29, 1.82) is 0 Å². The molecule has 0 bridgehead atoms. The van der Waals surface area contributed by atoms with Crippen LogP contribution < -0.4 is 0 Å². The van der Waals surface area contributed by atoms with Crippen molar-refractivity contribution in [3.63, 3.8) is 0 Å². The Morgan fingerprint density at radius 3 is 2.52 bits per heavy atom. The fraction of sp³-hybridized carbons (Fsp3) is 0.706. The van der Waals surface area contributed by atoms with Crippen molar-refractivity contribution in [2.24, 2.45) is 5.41 Å². The molecule has 118 valence electrons. The Bertz CT molecular complexity index is 460. The third kappa shape index (κ3) is 3.19. The van der Waals surface area contributed by atoms with Crippen molar-refractivity contribution < 1.29 is 13.6 Å². The van der Waals surface area contributed by atoms with Crippen LogP contribution in [0.4, 0.5) is 8.78 Å². The molecular formula is C17H25F2NO. The molecule has 0 saturated heterocycles. The Morgan fingerprint density at radius 2 is 1.95 bits per heavy atom. The first-order chi connectivity index (χ1) is 9.75. The van der Waals surface area contributed by atoms with Crippen LogP contribution in [0.3, 0.4) is 0 Å². The SMILES string of the molecule is CC(F)(F)C(C)(C)C(=O)N1CCC=C[C@H]1C1=CCCCC1. The average molecular weight is 297 g/mol. The van der Waals surface area contributed by atoms with Gasteiger partial charge in [0.05, 0.1) is 6.04 Å². The van der Waals surface area contributed by atoms with Gasteiger partial charge in [0.25, 0.3) is 5.92 Å². The summed E-state index contributed by atoms with van der Waals surface area (Å²) in [4.78, 5) is 14.4. The van der Waals surface area contributed by atoms with Crippen LogP contribution in [0.15, 0.2) is 23.8 Å². The maximum atomic E-state index is 13.8. The molecule has 1 aliphatic carbocycles. The van der Waals surface area contributed by atoms with Crippen LogP contribution in [-0.4, -0.2) is 29.3 Å². The number of hydrogen-bond donors (Lipinski definition) is 0. The van der Waals surface area contributed by atoms with E-state index in [1.165, 1.54) is 25.8 Å². The summed E-state index contributed by atoms with van der Waals surface area (Å²) in [6.45, 7) is 4.05. The van der Waals surface area contributed by atoms with Gasteiger partial charge in [0, 0.05) is 13.5 Å². The number of rotatable bonds is 3. The highest BCUT2D eigenvalue weighted by Gasteiger charge is 2.50. The minimum atomic E-state index is -3.03. The minimum absolute atomic E-state index is 0.131. The second kappa shape index (κ2) is 5.90. The molecule has 1 aliphatic heterocycles. The molecule has 2 nitrogen and oxygen atoms in total. The molecule has 0 aromatic rings. The van der Waals surface area contributed by atoms with E-state index in [1.54, 1.807) is 4.90 Å². The van der Waals surface area contributed by atoms with Gasteiger partial charge in [0.15, 0.2) is 0 Å². The summed E-state index contributed by atoms with van der Waals surface area (Å²) >= 11 is 0. The lowest BCUT2D eigenvalue weighted by Crippen LogP contribution is -2.53. The first-order valence-corrected chi connectivity index (χ1v) is 7.79. The standard InChI is InChI=1S/C17H25F2NO/c1-16(2,17(3,18)19)15(21)20-12-8-7-11-14(20)13-9-5-4-6-10-13/h7,9,11,14H,4-6,8,10,12H2,1-3H3/t14-/m0/s1. The Kier molecular flexibility index (Phi) is 4.54. The number of halogens is 2. The molecule has 1 heterocycles. The fourth-order valence-electron chi connectivity index (χ4n) is 2.91. The van der Waals surface area contributed by atoms with Gasteiger partial charge >= 0.3 is 0 Å². The quantitative estimate of drug-likeness (QED) is 0.710. The van der Waals surface area contributed by atoms with Gasteiger partial charge in [-0.3, -0.25) is 4.79 Å². The Balaban J connectivity index is 2.26. The molecule has 0 spiro atoms. The van der Waals surface area contributed by atoms with Crippen LogP contribution in [0.1, 0.15) is 52.9 Å². The molecule has 2 aliphatic rings.